The second-order valence-corrected chi connectivity index (χ2v) is 3.19. The largest absolute Gasteiger partial charge is 0.419 e. The van der Waals surface area contributed by atoms with Crippen LogP contribution in [0.4, 0.5) is 17.6 Å². The number of carbonyl (C=O) groups is 1. The van der Waals surface area contributed by atoms with Crippen molar-refractivity contribution in [2.75, 3.05) is 0 Å². The van der Waals surface area contributed by atoms with Crippen molar-refractivity contribution in [3.63, 3.8) is 0 Å². The van der Waals surface area contributed by atoms with Gasteiger partial charge < -0.3 is 0 Å². The van der Waals surface area contributed by atoms with Crippen LogP contribution in [-0.2, 0) is 17.4 Å². The zero-order valence-corrected chi connectivity index (χ0v) is 7.86. The molecule has 0 aliphatic carbocycles. The van der Waals surface area contributed by atoms with E-state index in [1.54, 1.807) is 0 Å². The summed E-state index contributed by atoms with van der Waals surface area (Å²) in [4.78, 5) is 10.7. The predicted molar refractivity (Wildman–Crippen MR) is 45.8 cm³/mol. The van der Waals surface area contributed by atoms with Crippen LogP contribution in [-0.4, -0.2) is 5.78 Å². The van der Waals surface area contributed by atoms with E-state index in [1.165, 1.54) is 6.92 Å². The fourth-order valence-corrected chi connectivity index (χ4v) is 1.19. The Hall–Kier alpha value is -1.39. The first-order chi connectivity index (χ1) is 6.80. The van der Waals surface area contributed by atoms with E-state index >= 15 is 0 Å². The Labute approximate surface area is 83.7 Å². The van der Waals surface area contributed by atoms with Crippen LogP contribution in [0.2, 0.25) is 0 Å². The first-order valence-corrected chi connectivity index (χ1v) is 4.16. The number of hydrogen-bond acceptors (Lipinski definition) is 1. The van der Waals surface area contributed by atoms with E-state index in [1.807, 2.05) is 0 Å². The molecule has 1 aromatic rings. The number of carbonyl (C=O) groups excluding carboxylic acids is 1. The molecule has 1 aromatic carbocycles. The molecule has 0 radical (unpaired) electrons. The summed E-state index contributed by atoms with van der Waals surface area (Å²) < 4.78 is 49.4. The lowest BCUT2D eigenvalue weighted by atomic mass is 10.1. The molecule has 0 saturated heterocycles. The van der Waals surface area contributed by atoms with Crippen LogP contribution in [0.1, 0.15) is 18.1 Å². The molecular formula is C10H8F4O. The molecule has 0 N–H and O–H groups in total. The van der Waals surface area contributed by atoms with Crippen LogP contribution in [0, 0.1) is 5.82 Å². The first kappa shape index (κ1) is 11.7. The molecule has 0 amide bonds. The molecule has 0 bridgehead atoms. The first-order valence-electron chi connectivity index (χ1n) is 4.16. The minimum atomic E-state index is -4.70. The van der Waals surface area contributed by atoms with E-state index in [0.29, 0.717) is 6.07 Å². The summed E-state index contributed by atoms with van der Waals surface area (Å²) in [5.74, 6) is -1.57. The van der Waals surface area contributed by atoms with Gasteiger partial charge in [0.2, 0.25) is 0 Å². The summed E-state index contributed by atoms with van der Waals surface area (Å²) >= 11 is 0. The SMILES string of the molecule is CC(=O)Cc1ccc(C(F)(F)F)c(F)c1. The lowest BCUT2D eigenvalue weighted by Gasteiger charge is -2.08. The Morgan fingerprint density at radius 2 is 1.93 bits per heavy atom. The smallest absolute Gasteiger partial charge is 0.300 e. The van der Waals surface area contributed by atoms with Crippen molar-refractivity contribution in [2.45, 2.75) is 19.5 Å². The topological polar surface area (TPSA) is 17.1 Å². The van der Waals surface area contributed by atoms with Gasteiger partial charge in [0.15, 0.2) is 0 Å². The number of halogens is 4. The van der Waals surface area contributed by atoms with E-state index in [4.69, 9.17) is 0 Å². The van der Waals surface area contributed by atoms with Gasteiger partial charge in [-0.15, -0.1) is 0 Å². The van der Waals surface area contributed by atoms with Gasteiger partial charge in [0, 0.05) is 6.42 Å². The minimum absolute atomic E-state index is 0.0605. The van der Waals surface area contributed by atoms with Crippen molar-refractivity contribution < 1.29 is 22.4 Å². The molecule has 0 aromatic heterocycles. The third-order valence-corrected chi connectivity index (χ3v) is 1.79. The molecule has 5 heteroatoms. The molecular weight excluding hydrogens is 212 g/mol. The summed E-state index contributed by atoms with van der Waals surface area (Å²) in [5, 5.41) is 0. The van der Waals surface area contributed by atoms with Gasteiger partial charge in [-0.3, -0.25) is 4.79 Å². The monoisotopic (exact) mass is 220 g/mol. The third-order valence-electron chi connectivity index (χ3n) is 1.79. The van der Waals surface area contributed by atoms with Crippen LogP contribution < -0.4 is 0 Å². The van der Waals surface area contributed by atoms with E-state index < -0.39 is 17.6 Å². The van der Waals surface area contributed by atoms with Crippen LogP contribution in [0.15, 0.2) is 18.2 Å². The van der Waals surface area contributed by atoms with Crippen LogP contribution in [0.3, 0.4) is 0 Å². The number of hydrogen-bond donors (Lipinski definition) is 0. The van der Waals surface area contributed by atoms with Gasteiger partial charge in [-0.25, -0.2) is 4.39 Å². The van der Waals surface area contributed by atoms with E-state index in [-0.39, 0.29) is 17.8 Å². The molecule has 0 unspecified atom stereocenters. The predicted octanol–water partition coefficient (Wildman–Crippen LogP) is 2.98. The number of ketones is 1. The molecule has 15 heavy (non-hydrogen) atoms. The zero-order chi connectivity index (χ0) is 11.6. The Morgan fingerprint density at radius 3 is 2.33 bits per heavy atom. The standard InChI is InChI=1S/C10H8F4O/c1-6(15)4-7-2-3-8(9(11)5-7)10(12,13)14/h2-3,5H,4H2,1H3. The zero-order valence-electron chi connectivity index (χ0n) is 7.86. The highest BCUT2D eigenvalue weighted by Gasteiger charge is 2.33. The maximum absolute atomic E-state index is 13.0. The molecule has 0 heterocycles. The normalized spacial score (nSPS) is 11.5. The maximum Gasteiger partial charge on any atom is 0.419 e. The second kappa shape index (κ2) is 4.00. The number of rotatable bonds is 2. The van der Waals surface area contributed by atoms with Gasteiger partial charge >= 0.3 is 6.18 Å². The lowest BCUT2D eigenvalue weighted by molar-refractivity contribution is -0.140. The Kier molecular flexibility index (Phi) is 3.12. The Bertz CT molecular complexity index is 381. The summed E-state index contributed by atoms with van der Waals surface area (Å²) in [6.07, 6.45) is -4.76. The Morgan fingerprint density at radius 1 is 1.33 bits per heavy atom. The van der Waals surface area contributed by atoms with Crippen molar-refractivity contribution in [2.24, 2.45) is 0 Å². The molecule has 1 nitrogen and oxygen atoms in total. The van der Waals surface area contributed by atoms with E-state index in [2.05, 4.69) is 0 Å². The van der Waals surface area contributed by atoms with Crippen LogP contribution in [0.25, 0.3) is 0 Å². The summed E-state index contributed by atoms with van der Waals surface area (Å²) in [7, 11) is 0. The van der Waals surface area contributed by atoms with Gasteiger partial charge in [0.05, 0.1) is 5.56 Å². The van der Waals surface area contributed by atoms with E-state index in [0.717, 1.165) is 12.1 Å². The molecule has 0 aliphatic heterocycles. The maximum atomic E-state index is 13.0. The fourth-order valence-electron chi connectivity index (χ4n) is 1.19. The molecule has 0 saturated carbocycles. The van der Waals surface area contributed by atoms with Gasteiger partial charge in [-0.05, 0) is 24.6 Å². The fraction of sp³-hybridized carbons (Fsp3) is 0.300. The summed E-state index contributed by atoms with van der Waals surface area (Å²) in [5.41, 5.74) is -1.07. The van der Waals surface area contributed by atoms with Crippen molar-refractivity contribution in [3.8, 4) is 0 Å². The molecule has 0 spiro atoms. The van der Waals surface area contributed by atoms with E-state index in [9.17, 15) is 22.4 Å². The second-order valence-electron chi connectivity index (χ2n) is 3.19. The van der Waals surface area contributed by atoms with Gasteiger partial charge in [0.25, 0.3) is 0 Å². The number of Topliss-reactive ketones (excluding diaryl/α,β-unsaturated/α-hetero) is 1. The highest BCUT2D eigenvalue weighted by atomic mass is 19.4. The lowest BCUT2D eigenvalue weighted by Crippen LogP contribution is -2.09. The van der Waals surface area contributed by atoms with Crippen molar-refractivity contribution in [1.29, 1.82) is 0 Å². The summed E-state index contributed by atoms with van der Waals surface area (Å²) in [6, 6.07) is 2.49. The quantitative estimate of drug-likeness (QED) is 0.700. The molecule has 82 valence electrons. The number of benzene rings is 1. The van der Waals surface area contributed by atoms with Gasteiger partial charge in [-0.1, -0.05) is 6.07 Å². The summed E-state index contributed by atoms with van der Waals surface area (Å²) in [6.45, 7) is 1.29. The average molecular weight is 220 g/mol. The third kappa shape index (κ3) is 3.04. The van der Waals surface area contributed by atoms with Gasteiger partial charge in [-0.2, -0.15) is 13.2 Å². The highest BCUT2D eigenvalue weighted by molar-refractivity contribution is 5.78. The molecule has 0 fully saturated rings. The molecule has 0 aliphatic rings. The average Bonchev–Trinajstić information content (AvgIpc) is 1.99. The van der Waals surface area contributed by atoms with Crippen LogP contribution >= 0.6 is 0 Å². The van der Waals surface area contributed by atoms with Crippen molar-refractivity contribution in [3.05, 3.63) is 35.1 Å². The number of alkyl halides is 3. The van der Waals surface area contributed by atoms with Crippen LogP contribution in [0.5, 0.6) is 0 Å². The Balaban J connectivity index is 3.04. The van der Waals surface area contributed by atoms with Crippen molar-refractivity contribution >= 4 is 5.78 Å². The molecule has 1 rings (SSSR count). The molecule has 0 atom stereocenters. The highest BCUT2D eigenvalue weighted by Crippen LogP contribution is 2.31. The van der Waals surface area contributed by atoms with Crippen molar-refractivity contribution in [1.82, 2.24) is 0 Å². The van der Waals surface area contributed by atoms with Gasteiger partial charge in [0.1, 0.15) is 11.6 Å². The minimum Gasteiger partial charge on any atom is -0.300 e.